The first-order valence-corrected chi connectivity index (χ1v) is 27.8. The Balaban J connectivity index is 1.27. The van der Waals surface area contributed by atoms with Crippen molar-refractivity contribution in [1.82, 2.24) is 5.32 Å². The Morgan fingerprint density at radius 2 is 1.21 bits per heavy atom. The van der Waals surface area contributed by atoms with E-state index in [1.54, 1.807) is 19.2 Å². The number of methoxy groups -OCH3 is 2. The van der Waals surface area contributed by atoms with Gasteiger partial charge in [0.2, 0.25) is 3.79 Å². The highest BCUT2D eigenvalue weighted by atomic mass is 35.6. The van der Waals surface area contributed by atoms with Crippen molar-refractivity contribution in [3.8, 4) is 5.75 Å². The summed E-state index contributed by atoms with van der Waals surface area (Å²) in [6, 6.07) is 31.8. The summed E-state index contributed by atoms with van der Waals surface area (Å²) in [5.41, 5.74) is 13.0. The summed E-state index contributed by atoms with van der Waals surface area (Å²) in [5, 5.41) is 6.75. The summed E-state index contributed by atoms with van der Waals surface area (Å²) in [6.45, 7) is 1.53. The Morgan fingerprint density at radius 1 is 0.631 bits per heavy atom. The number of carbonyl (C=O) groups excluding carboxylic acids is 4. The number of azide groups is 1. The molecule has 0 radical (unpaired) electrons. The van der Waals surface area contributed by atoms with Crippen LogP contribution in [0.3, 0.4) is 0 Å². The van der Waals surface area contributed by atoms with E-state index in [0.717, 1.165) is 31.9 Å². The summed E-state index contributed by atoms with van der Waals surface area (Å²) in [7, 11) is 2.94. The molecule has 4 aliphatic heterocycles. The van der Waals surface area contributed by atoms with Crippen LogP contribution in [0.4, 0.5) is 4.79 Å². The zero-order valence-electron chi connectivity index (χ0n) is 46.3. The van der Waals surface area contributed by atoms with Crippen molar-refractivity contribution in [3.63, 3.8) is 0 Å². The molecule has 0 spiro atoms. The second-order valence-electron chi connectivity index (χ2n) is 19.6. The SMILES string of the molecule is COc1ccc(COC[C@H]2O[C@@H](O[C@@H]3[C@@H](N=[N+]=[N-])[C@H](OC)O[C@@H]4CO[C@@H](c5ccccc5)O[C@@H]34)[C@H](OCc3ccccc3)[C@@H](OCc3ccccc3)[C@@H]2O[C@@H]2O[C@H](COC(C)=O)[C@@H](OC(C)=O)[C@H](OC(C)=O)[C@H]2NC(=O)OCC(Cl)(Cl)Cl)cc1. The minimum absolute atomic E-state index is 0.00663. The average Bonchev–Trinajstić information content (AvgIpc) is 2.68. The Bertz CT molecular complexity index is 2790. The first-order chi connectivity index (χ1) is 40.5. The van der Waals surface area contributed by atoms with Crippen LogP contribution >= 0.6 is 34.8 Å². The quantitative estimate of drug-likeness (QED) is 0.0176. The Hall–Kier alpha value is -5.90. The van der Waals surface area contributed by atoms with Gasteiger partial charge in [0.1, 0.15) is 79.9 Å². The molecule has 4 saturated heterocycles. The third-order valence-corrected chi connectivity index (χ3v) is 13.9. The molecular formula is C57H65Cl3N4O20. The maximum Gasteiger partial charge on any atom is 0.407 e. The van der Waals surface area contributed by atoms with E-state index < -0.39 is 139 Å². The Morgan fingerprint density at radius 3 is 1.81 bits per heavy atom. The molecule has 27 heteroatoms. The van der Waals surface area contributed by atoms with Gasteiger partial charge >= 0.3 is 24.0 Å². The third kappa shape index (κ3) is 17.8. The van der Waals surface area contributed by atoms with Gasteiger partial charge in [0.25, 0.3) is 0 Å². The molecule has 0 bridgehead atoms. The summed E-state index contributed by atoms with van der Waals surface area (Å²) in [5.74, 6) is -1.90. The fraction of sp³-hybridized carbons (Fsp3) is 0.509. The number of alkyl halides is 3. The average molecular weight is 1230 g/mol. The van der Waals surface area contributed by atoms with E-state index in [-0.39, 0.29) is 33.0 Å². The van der Waals surface area contributed by atoms with Crippen LogP contribution in [-0.2, 0) is 105 Å². The molecule has 0 saturated carbocycles. The summed E-state index contributed by atoms with van der Waals surface area (Å²) in [6.07, 6.45) is -19.8. The third-order valence-electron chi connectivity index (χ3n) is 13.6. The monoisotopic (exact) mass is 1230 g/mol. The topological polar surface area (TPSA) is 277 Å². The van der Waals surface area contributed by atoms with Crippen LogP contribution in [-0.4, -0.2) is 160 Å². The van der Waals surface area contributed by atoms with E-state index in [1.165, 1.54) is 7.11 Å². The van der Waals surface area contributed by atoms with Gasteiger partial charge in [-0.2, -0.15) is 0 Å². The zero-order valence-corrected chi connectivity index (χ0v) is 48.6. The number of hydrogen-bond donors (Lipinski definition) is 1. The molecule has 0 unspecified atom stereocenters. The number of esters is 3. The normalized spacial score (nSPS) is 29.4. The molecular weight excluding hydrogens is 1170 g/mol. The smallest absolute Gasteiger partial charge is 0.407 e. The molecule has 4 aromatic rings. The maximum atomic E-state index is 13.9. The van der Waals surface area contributed by atoms with Gasteiger partial charge in [-0.15, -0.1) is 0 Å². The number of hydrogen-bond acceptors (Lipinski definition) is 21. The summed E-state index contributed by atoms with van der Waals surface area (Å²) in [4.78, 5) is 55.5. The molecule has 8 rings (SSSR count). The molecule has 454 valence electrons. The number of alkyl carbamates (subject to hydrolysis) is 1. The van der Waals surface area contributed by atoms with Gasteiger partial charge in [0.15, 0.2) is 37.4 Å². The van der Waals surface area contributed by atoms with Crippen molar-refractivity contribution in [2.24, 2.45) is 5.11 Å². The molecule has 0 aromatic heterocycles. The lowest BCUT2D eigenvalue weighted by Gasteiger charge is -2.52. The highest BCUT2D eigenvalue weighted by Crippen LogP contribution is 2.41. The lowest BCUT2D eigenvalue weighted by molar-refractivity contribution is -0.390. The highest BCUT2D eigenvalue weighted by molar-refractivity contribution is 6.67. The number of nitrogens with zero attached hydrogens (tertiary/aromatic N) is 3. The number of halogens is 3. The van der Waals surface area contributed by atoms with E-state index in [4.69, 9.17) is 111 Å². The number of amides is 1. The van der Waals surface area contributed by atoms with E-state index in [9.17, 15) is 24.7 Å². The summed E-state index contributed by atoms with van der Waals surface area (Å²) >= 11 is 18.0. The maximum absolute atomic E-state index is 13.9. The van der Waals surface area contributed by atoms with E-state index in [2.05, 4.69) is 15.3 Å². The van der Waals surface area contributed by atoms with Gasteiger partial charge in [0, 0.05) is 38.4 Å². The molecule has 4 aliphatic rings. The number of ether oxygens (including phenoxy) is 16. The van der Waals surface area contributed by atoms with Crippen LogP contribution in [0.2, 0.25) is 0 Å². The molecule has 0 aliphatic carbocycles. The molecule has 4 fully saturated rings. The van der Waals surface area contributed by atoms with Gasteiger partial charge in [-0.3, -0.25) is 14.4 Å². The Labute approximate surface area is 499 Å². The Kier molecular flexibility index (Phi) is 23.6. The highest BCUT2D eigenvalue weighted by Gasteiger charge is 2.58. The van der Waals surface area contributed by atoms with E-state index in [0.29, 0.717) is 16.9 Å². The fourth-order valence-corrected chi connectivity index (χ4v) is 10.0. The van der Waals surface area contributed by atoms with Gasteiger partial charge < -0.3 is 81.1 Å². The number of benzene rings is 4. The van der Waals surface area contributed by atoms with Gasteiger partial charge in [-0.1, -0.05) is 143 Å². The minimum Gasteiger partial charge on any atom is -0.497 e. The molecule has 24 nitrogen and oxygen atoms in total. The second kappa shape index (κ2) is 31.0. The van der Waals surface area contributed by atoms with Crippen LogP contribution in [0.5, 0.6) is 5.75 Å². The number of fused-ring (bicyclic) bond motifs is 1. The zero-order chi connectivity index (χ0) is 59.8. The van der Waals surface area contributed by atoms with Crippen LogP contribution in [0, 0.1) is 0 Å². The first kappa shape index (κ1) is 64.1. The van der Waals surface area contributed by atoms with Gasteiger partial charge in [-0.25, -0.2) is 4.79 Å². The molecule has 1 amide bonds. The fourth-order valence-electron chi connectivity index (χ4n) is 9.88. The minimum atomic E-state index is -2.08. The van der Waals surface area contributed by atoms with Crippen molar-refractivity contribution >= 4 is 58.8 Å². The largest absolute Gasteiger partial charge is 0.497 e. The predicted molar refractivity (Wildman–Crippen MR) is 295 cm³/mol. The molecule has 4 aromatic carbocycles. The molecule has 4 heterocycles. The molecule has 1 N–H and O–H groups in total. The van der Waals surface area contributed by atoms with E-state index in [1.807, 2.05) is 103 Å². The van der Waals surface area contributed by atoms with E-state index >= 15 is 0 Å². The van der Waals surface area contributed by atoms with Crippen LogP contribution < -0.4 is 10.1 Å². The van der Waals surface area contributed by atoms with Crippen LogP contribution in [0.15, 0.2) is 120 Å². The van der Waals surface area contributed by atoms with Gasteiger partial charge in [0.05, 0.1) is 40.1 Å². The van der Waals surface area contributed by atoms with Crippen LogP contribution in [0.1, 0.15) is 49.3 Å². The molecule has 16 atom stereocenters. The lowest BCUT2D eigenvalue weighted by atomic mass is 9.93. The number of carbonyl (C=O) groups is 4. The van der Waals surface area contributed by atoms with Gasteiger partial charge in [-0.05, 0) is 34.4 Å². The second-order valence-corrected chi connectivity index (χ2v) is 22.2. The van der Waals surface area contributed by atoms with Crippen molar-refractivity contribution in [3.05, 3.63) is 148 Å². The lowest BCUT2D eigenvalue weighted by Crippen LogP contribution is -2.70. The van der Waals surface area contributed by atoms with Crippen molar-refractivity contribution in [2.75, 3.05) is 40.6 Å². The summed E-state index contributed by atoms with van der Waals surface area (Å²) < 4.78 is 99.1. The number of nitrogens with one attached hydrogen (secondary N) is 1. The van der Waals surface area contributed by atoms with Crippen molar-refractivity contribution < 1.29 is 95.0 Å². The van der Waals surface area contributed by atoms with Crippen molar-refractivity contribution in [1.29, 1.82) is 0 Å². The van der Waals surface area contributed by atoms with Crippen molar-refractivity contribution in [2.45, 2.75) is 143 Å². The standard InChI is InChI=1S/C57H65Cl3N4O20/c1-32(65)72-29-41-45(77-33(2)66)48(78-34(3)67)43(62-56(68)76-31-57(58,59)60)54(80-41)83-47-40(28-71-25-37-21-23-39(69-4)24-22-37)81-55(51(74-27-36-17-11-7-12-18-36)50(47)73-26-35-15-9-6-10-16-35)84-49-44(63-64-61)53(70-5)79-42-30-75-52(82-46(42)49)38-19-13-8-14-20-38/h6-24,40-55H,25-31H2,1-5H3,(H,62,68)/t40-,41-,42-,43-,44-,45-,46-,47-,48-,49-,50+,51-,52-,53-,54+,55+/m1/s1. The predicted octanol–water partition coefficient (Wildman–Crippen LogP) is 7.66. The van der Waals surface area contributed by atoms with Crippen LogP contribution in [0.25, 0.3) is 10.4 Å². The first-order valence-electron chi connectivity index (χ1n) is 26.7. The molecule has 84 heavy (non-hydrogen) atoms. The number of rotatable bonds is 24.